The summed E-state index contributed by atoms with van der Waals surface area (Å²) in [6.07, 6.45) is 1.88. The molecule has 0 saturated carbocycles. The smallest absolute Gasteiger partial charge is 0.0569 e. The average molecular weight is 247 g/mol. The monoisotopic (exact) mass is 247 g/mol. The second kappa shape index (κ2) is 5.29. The largest absolute Gasteiger partial charge is 0.368 e. The van der Waals surface area contributed by atoms with E-state index in [1.54, 1.807) is 11.3 Å². The molecule has 0 aliphatic carbocycles. The van der Waals surface area contributed by atoms with Crippen molar-refractivity contribution in [1.82, 2.24) is 4.98 Å². The summed E-state index contributed by atoms with van der Waals surface area (Å²) in [5, 5.41) is 2.10. The van der Waals surface area contributed by atoms with Gasteiger partial charge in [0.1, 0.15) is 0 Å². The van der Waals surface area contributed by atoms with E-state index in [4.69, 9.17) is 5.73 Å². The van der Waals surface area contributed by atoms with Gasteiger partial charge in [0, 0.05) is 18.0 Å². The van der Waals surface area contributed by atoms with E-state index in [-0.39, 0.29) is 6.04 Å². The zero-order valence-corrected chi connectivity index (χ0v) is 10.9. The van der Waals surface area contributed by atoms with Crippen LogP contribution < -0.4 is 10.6 Å². The third kappa shape index (κ3) is 3.05. The fourth-order valence-electron chi connectivity index (χ4n) is 1.62. The lowest BCUT2D eigenvalue weighted by Crippen LogP contribution is -2.16. The van der Waals surface area contributed by atoms with E-state index in [1.807, 2.05) is 19.2 Å². The molecule has 0 radical (unpaired) electrons. The van der Waals surface area contributed by atoms with E-state index in [0.717, 1.165) is 17.9 Å². The van der Waals surface area contributed by atoms with Gasteiger partial charge in [-0.25, -0.2) is 0 Å². The second-order valence-corrected chi connectivity index (χ2v) is 5.20. The van der Waals surface area contributed by atoms with Crippen molar-refractivity contribution in [2.75, 3.05) is 11.9 Å². The van der Waals surface area contributed by atoms with Gasteiger partial charge in [0.15, 0.2) is 0 Å². The van der Waals surface area contributed by atoms with Gasteiger partial charge in [0.25, 0.3) is 0 Å². The number of nitrogens with zero attached hydrogens (tertiary/aromatic N) is 2. The van der Waals surface area contributed by atoms with Crippen LogP contribution in [0.25, 0.3) is 0 Å². The topological polar surface area (TPSA) is 42.1 Å². The fourth-order valence-corrected chi connectivity index (χ4v) is 2.38. The molecule has 0 aliphatic rings. The van der Waals surface area contributed by atoms with Crippen molar-refractivity contribution in [3.8, 4) is 0 Å². The summed E-state index contributed by atoms with van der Waals surface area (Å²) in [5.41, 5.74) is 7.82. The van der Waals surface area contributed by atoms with Crippen molar-refractivity contribution in [3.63, 3.8) is 0 Å². The van der Waals surface area contributed by atoms with E-state index in [9.17, 15) is 0 Å². The van der Waals surface area contributed by atoms with Crippen LogP contribution in [0.4, 0.5) is 5.69 Å². The van der Waals surface area contributed by atoms with E-state index in [2.05, 4.69) is 40.5 Å². The van der Waals surface area contributed by atoms with Crippen LogP contribution in [0.2, 0.25) is 0 Å². The van der Waals surface area contributed by atoms with Gasteiger partial charge in [-0.15, -0.1) is 11.3 Å². The van der Waals surface area contributed by atoms with Crippen molar-refractivity contribution >= 4 is 17.0 Å². The Kier molecular flexibility index (Phi) is 3.76. The normalized spacial score (nSPS) is 12.4. The van der Waals surface area contributed by atoms with Gasteiger partial charge in [-0.1, -0.05) is 6.07 Å². The van der Waals surface area contributed by atoms with E-state index >= 15 is 0 Å². The summed E-state index contributed by atoms with van der Waals surface area (Å²) in [4.78, 5) is 7.90. The molecule has 0 fully saturated rings. The molecule has 0 unspecified atom stereocenters. The van der Waals surface area contributed by atoms with Crippen LogP contribution in [0.3, 0.4) is 0 Å². The Morgan fingerprint density at radius 1 is 1.41 bits per heavy atom. The summed E-state index contributed by atoms with van der Waals surface area (Å²) in [7, 11) is 2.07. The Balaban J connectivity index is 2.06. The molecule has 0 aliphatic heterocycles. The number of thiophene rings is 1. The second-order valence-electron chi connectivity index (χ2n) is 4.17. The van der Waals surface area contributed by atoms with Crippen LogP contribution in [-0.2, 0) is 6.54 Å². The van der Waals surface area contributed by atoms with Crippen molar-refractivity contribution < 1.29 is 0 Å². The molecule has 90 valence electrons. The molecule has 1 atom stereocenters. The first-order chi connectivity index (χ1) is 8.16. The lowest BCUT2D eigenvalue weighted by atomic mass is 10.2. The minimum absolute atomic E-state index is 0.00773. The molecule has 17 heavy (non-hydrogen) atoms. The minimum atomic E-state index is -0.00773. The third-order valence-electron chi connectivity index (χ3n) is 2.65. The molecule has 4 heteroatoms. The van der Waals surface area contributed by atoms with Crippen LogP contribution in [0.5, 0.6) is 0 Å². The van der Waals surface area contributed by atoms with Crippen molar-refractivity contribution in [1.29, 1.82) is 0 Å². The maximum atomic E-state index is 5.78. The zero-order chi connectivity index (χ0) is 12.3. The Hall–Kier alpha value is -1.39. The maximum absolute atomic E-state index is 5.78. The summed E-state index contributed by atoms with van der Waals surface area (Å²) in [6.45, 7) is 2.86. The molecule has 0 aromatic carbocycles. The predicted octanol–water partition coefficient (Wildman–Crippen LogP) is 2.80. The molecule has 3 nitrogen and oxygen atoms in total. The van der Waals surface area contributed by atoms with Gasteiger partial charge >= 0.3 is 0 Å². The summed E-state index contributed by atoms with van der Waals surface area (Å²) >= 11 is 1.77. The molecular weight excluding hydrogens is 230 g/mol. The molecule has 2 aromatic heterocycles. The number of aromatic nitrogens is 1. The summed E-state index contributed by atoms with van der Waals surface area (Å²) in [6, 6.07) is 8.27. The molecule has 2 heterocycles. The number of hydrogen-bond donors (Lipinski definition) is 1. The number of hydrogen-bond acceptors (Lipinski definition) is 4. The Morgan fingerprint density at radius 3 is 2.76 bits per heavy atom. The zero-order valence-electron chi connectivity index (χ0n) is 10.1. The van der Waals surface area contributed by atoms with Gasteiger partial charge in [0.05, 0.1) is 24.1 Å². The summed E-state index contributed by atoms with van der Waals surface area (Å²) < 4.78 is 0. The first kappa shape index (κ1) is 12.1. The third-order valence-corrected chi connectivity index (χ3v) is 3.51. The quantitative estimate of drug-likeness (QED) is 0.903. The Morgan fingerprint density at radius 2 is 2.24 bits per heavy atom. The standard InChI is InChI=1S/C13H17N3S/c1-10(14)13-6-5-11(8-15-13)16(2)9-12-4-3-7-17-12/h3-8,10H,9,14H2,1-2H3/t10-/m1/s1. The van der Waals surface area contributed by atoms with Crippen LogP contribution in [0, 0.1) is 0 Å². The highest BCUT2D eigenvalue weighted by molar-refractivity contribution is 7.09. The van der Waals surface area contributed by atoms with E-state index in [1.165, 1.54) is 4.88 Å². The molecule has 2 aromatic rings. The van der Waals surface area contributed by atoms with Gasteiger partial charge in [-0.05, 0) is 30.5 Å². The number of anilines is 1. The molecule has 0 saturated heterocycles. The lowest BCUT2D eigenvalue weighted by molar-refractivity contribution is 0.779. The van der Waals surface area contributed by atoms with Gasteiger partial charge in [-0.2, -0.15) is 0 Å². The highest BCUT2D eigenvalue weighted by Gasteiger charge is 2.05. The maximum Gasteiger partial charge on any atom is 0.0569 e. The SMILES string of the molecule is C[C@@H](N)c1ccc(N(C)Cc2cccs2)cn1. The van der Waals surface area contributed by atoms with Crippen LogP contribution >= 0.6 is 11.3 Å². The first-order valence-electron chi connectivity index (χ1n) is 5.62. The molecule has 0 spiro atoms. The number of pyridine rings is 1. The minimum Gasteiger partial charge on any atom is -0.368 e. The van der Waals surface area contributed by atoms with Crippen LogP contribution in [0.1, 0.15) is 23.5 Å². The predicted molar refractivity (Wildman–Crippen MR) is 73.3 cm³/mol. The van der Waals surface area contributed by atoms with Gasteiger partial charge in [0.2, 0.25) is 0 Å². The fraction of sp³-hybridized carbons (Fsp3) is 0.308. The van der Waals surface area contributed by atoms with Crippen LogP contribution in [0.15, 0.2) is 35.8 Å². The lowest BCUT2D eigenvalue weighted by Gasteiger charge is -2.18. The van der Waals surface area contributed by atoms with Gasteiger partial charge in [-0.3, -0.25) is 4.98 Å². The van der Waals surface area contributed by atoms with Crippen molar-refractivity contribution in [2.45, 2.75) is 19.5 Å². The first-order valence-corrected chi connectivity index (χ1v) is 6.50. The van der Waals surface area contributed by atoms with E-state index in [0.29, 0.717) is 0 Å². The molecule has 2 N–H and O–H groups in total. The highest BCUT2D eigenvalue weighted by atomic mass is 32.1. The average Bonchev–Trinajstić information content (AvgIpc) is 2.82. The Bertz CT molecular complexity index is 448. The number of rotatable bonds is 4. The van der Waals surface area contributed by atoms with Crippen molar-refractivity contribution in [2.24, 2.45) is 5.73 Å². The number of nitrogens with two attached hydrogens (primary N) is 1. The molecular formula is C13H17N3S. The molecule has 2 rings (SSSR count). The van der Waals surface area contributed by atoms with Crippen molar-refractivity contribution in [3.05, 3.63) is 46.4 Å². The molecule has 0 amide bonds. The molecule has 0 bridgehead atoms. The van der Waals surface area contributed by atoms with Crippen LogP contribution in [-0.4, -0.2) is 12.0 Å². The highest BCUT2D eigenvalue weighted by Crippen LogP contribution is 2.18. The Labute approximate surface area is 106 Å². The van der Waals surface area contributed by atoms with E-state index < -0.39 is 0 Å². The van der Waals surface area contributed by atoms with Gasteiger partial charge < -0.3 is 10.6 Å². The summed E-state index contributed by atoms with van der Waals surface area (Å²) in [5.74, 6) is 0.